The standard InChI is InChI=1S/C16H15ClF3N3O2.2ClH/c1-9-2-3-11(21)7-12(9)14(24)22-4-5-25-15-13(17)6-10(8-23-15)16(18,19)20;;/h2-3,6-8H,4-5,21H2,1H3,(H,22,24);2*1H. The molecule has 0 spiro atoms. The van der Waals surface area contributed by atoms with Crippen LogP contribution in [0.4, 0.5) is 18.9 Å². The van der Waals surface area contributed by atoms with E-state index in [1.807, 2.05) is 0 Å². The Kier molecular flexibility index (Phi) is 9.70. The number of hydrogen-bond donors (Lipinski definition) is 2. The van der Waals surface area contributed by atoms with Crippen molar-refractivity contribution in [1.29, 1.82) is 0 Å². The van der Waals surface area contributed by atoms with E-state index in [0.717, 1.165) is 11.6 Å². The number of amides is 1. The lowest BCUT2D eigenvalue weighted by Crippen LogP contribution is -2.28. The molecule has 0 fully saturated rings. The summed E-state index contributed by atoms with van der Waals surface area (Å²) in [7, 11) is 0. The van der Waals surface area contributed by atoms with Gasteiger partial charge in [-0.05, 0) is 30.7 Å². The monoisotopic (exact) mass is 445 g/mol. The van der Waals surface area contributed by atoms with E-state index >= 15 is 0 Å². The number of nitrogen functional groups attached to an aromatic ring is 1. The highest BCUT2D eigenvalue weighted by Crippen LogP contribution is 2.32. The number of ether oxygens (including phenoxy) is 1. The summed E-state index contributed by atoms with van der Waals surface area (Å²) in [6, 6.07) is 5.71. The minimum absolute atomic E-state index is 0. The first-order valence-electron chi connectivity index (χ1n) is 7.18. The lowest BCUT2D eigenvalue weighted by molar-refractivity contribution is -0.137. The number of hydrogen-bond acceptors (Lipinski definition) is 4. The number of benzene rings is 1. The Morgan fingerprint density at radius 3 is 2.56 bits per heavy atom. The molecule has 0 aliphatic carbocycles. The summed E-state index contributed by atoms with van der Waals surface area (Å²) < 4.78 is 42.8. The maximum Gasteiger partial charge on any atom is 0.417 e. The van der Waals surface area contributed by atoms with Crippen molar-refractivity contribution in [2.45, 2.75) is 13.1 Å². The number of halogens is 6. The molecule has 0 bridgehead atoms. The minimum atomic E-state index is -4.53. The van der Waals surface area contributed by atoms with Gasteiger partial charge in [-0.1, -0.05) is 17.7 Å². The highest BCUT2D eigenvalue weighted by molar-refractivity contribution is 6.31. The molecule has 1 aromatic heterocycles. The molecule has 0 radical (unpaired) electrons. The average Bonchev–Trinajstić information content (AvgIpc) is 2.53. The number of anilines is 1. The van der Waals surface area contributed by atoms with Crippen LogP contribution in [-0.4, -0.2) is 24.0 Å². The van der Waals surface area contributed by atoms with Crippen molar-refractivity contribution >= 4 is 48.0 Å². The number of nitrogens with two attached hydrogens (primary N) is 1. The molecular weight excluding hydrogens is 430 g/mol. The van der Waals surface area contributed by atoms with E-state index in [0.29, 0.717) is 17.4 Å². The molecule has 2 rings (SSSR count). The molecule has 3 N–H and O–H groups in total. The van der Waals surface area contributed by atoms with E-state index in [-0.39, 0.29) is 54.8 Å². The first kappa shape index (κ1) is 25.1. The Morgan fingerprint density at radius 1 is 1.30 bits per heavy atom. The molecule has 0 aliphatic heterocycles. The number of alkyl halides is 3. The van der Waals surface area contributed by atoms with Gasteiger partial charge in [0.2, 0.25) is 5.88 Å². The summed E-state index contributed by atoms with van der Waals surface area (Å²) in [6.45, 7) is 1.88. The molecule has 5 nitrogen and oxygen atoms in total. The predicted octanol–water partition coefficient (Wildman–Crippen LogP) is 4.30. The zero-order valence-electron chi connectivity index (χ0n) is 14.0. The zero-order chi connectivity index (χ0) is 18.6. The molecule has 150 valence electrons. The van der Waals surface area contributed by atoms with Crippen LogP contribution in [0.1, 0.15) is 21.5 Å². The predicted molar refractivity (Wildman–Crippen MR) is 102 cm³/mol. The van der Waals surface area contributed by atoms with Gasteiger partial charge >= 0.3 is 6.18 Å². The lowest BCUT2D eigenvalue weighted by Gasteiger charge is -2.11. The van der Waals surface area contributed by atoms with Crippen molar-refractivity contribution in [2.24, 2.45) is 0 Å². The molecular formula is C16H17Cl3F3N3O2. The van der Waals surface area contributed by atoms with Crippen LogP contribution in [0.5, 0.6) is 5.88 Å². The van der Waals surface area contributed by atoms with Crippen molar-refractivity contribution in [3.05, 3.63) is 52.2 Å². The average molecular weight is 447 g/mol. The summed E-state index contributed by atoms with van der Waals surface area (Å²) >= 11 is 5.72. The maximum absolute atomic E-state index is 12.5. The van der Waals surface area contributed by atoms with E-state index < -0.39 is 11.7 Å². The fourth-order valence-corrected chi connectivity index (χ4v) is 2.20. The normalized spacial score (nSPS) is 10.4. The van der Waals surface area contributed by atoms with Gasteiger partial charge in [-0.2, -0.15) is 13.2 Å². The molecule has 0 atom stereocenters. The second-order valence-corrected chi connectivity index (χ2v) is 5.59. The Bertz CT molecular complexity index is 789. The van der Waals surface area contributed by atoms with Gasteiger partial charge in [0.1, 0.15) is 11.6 Å². The largest absolute Gasteiger partial charge is 0.475 e. The van der Waals surface area contributed by atoms with Gasteiger partial charge in [-0.15, -0.1) is 24.8 Å². The molecule has 0 saturated heterocycles. The SMILES string of the molecule is Cc1ccc(N)cc1C(=O)NCCOc1ncc(C(F)(F)F)cc1Cl.Cl.Cl. The van der Waals surface area contributed by atoms with E-state index in [9.17, 15) is 18.0 Å². The van der Waals surface area contributed by atoms with Crippen LogP contribution in [0, 0.1) is 6.92 Å². The Morgan fingerprint density at radius 2 is 1.96 bits per heavy atom. The molecule has 27 heavy (non-hydrogen) atoms. The van der Waals surface area contributed by atoms with Gasteiger partial charge in [0, 0.05) is 17.4 Å². The lowest BCUT2D eigenvalue weighted by atomic mass is 10.1. The van der Waals surface area contributed by atoms with Gasteiger partial charge in [0.05, 0.1) is 12.1 Å². The second-order valence-electron chi connectivity index (χ2n) is 5.19. The van der Waals surface area contributed by atoms with Crippen LogP contribution < -0.4 is 15.8 Å². The molecule has 1 amide bonds. The van der Waals surface area contributed by atoms with E-state index in [2.05, 4.69) is 10.3 Å². The number of aromatic nitrogens is 1. The van der Waals surface area contributed by atoms with Crippen molar-refractivity contribution in [3.63, 3.8) is 0 Å². The number of pyridine rings is 1. The van der Waals surface area contributed by atoms with Crippen molar-refractivity contribution in [1.82, 2.24) is 10.3 Å². The number of nitrogens with zero attached hydrogens (tertiary/aromatic N) is 1. The van der Waals surface area contributed by atoms with Crippen LogP contribution in [0.3, 0.4) is 0 Å². The molecule has 2 aromatic rings. The van der Waals surface area contributed by atoms with Crippen LogP contribution in [-0.2, 0) is 6.18 Å². The highest BCUT2D eigenvalue weighted by Gasteiger charge is 2.31. The zero-order valence-corrected chi connectivity index (χ0v) is 16.4. The van der Waals surface area contributed by atoms with E-state index in [1.165, 1.54) is 0 Å². The molecule has 0 saturated carbocycles. The topological polar surface area (TPSA) is 77.2 Å². The van der Waals surface area contributed by atoms with Gasteiger partial charge < -0.3 is 15.8 Å². The number of aryl methyl sites for hydroxylation is 1. The van der Waals surface area contributed by atoms with Crippen LogP contribution in [0.2, 0.25) is 5.02 Å². The minimum Gasteiger partial charge on any atom is -0.475 e. The molecule has 0 unspecified atom stereocenters. The molecule has 0 aliphatic rings. The van der Waals surface area contributed by atoms with Gasteiger partial charge in [-0.25, -0.2) is 4.98 Å². The number of nitrogens with one attached hydrogen (secondary N) is 1. The first-order chi connectivity index (χ1) is 11.7. The van der Waals surface area contributed by atoms with Gasteiger partial charge in [0.25, 0.3) is 5.91 Å². The summed E-state index contributed by atoms with van der Waals surface area (Å²) in [5.41, 5.74) is 6.35. The quantitative estimate of drug-likeness (QED) is 0.530. The third kappa shape index (κ3) is 6.97. The Labute approximate surface area is 171 Å². The molecule has 1 heterocycles. The van der Waals surface area contributed by atoms with E-state index in [1.54, 1.807) is 25.1 Å². The summed E-state index contributed by atoms with van der Waals surface area (Å²) in [6.07, 6.45) is -3.89. The van der Waals surface area contributed by atoms with Crippen LogP contribution in [0.15, 0.2) is 30.5 Å². The number of rotatable bonds is 5. The first-order valence-corrected chi connectivity index (χ1v) is 7.56. The summed E-state index contributed by atoms with van der Waals surface area (Å²) in [5.74, 6) is -0.469. The third-order valence-corrected chi connectivity index (χ3v) is 3.54. The third-order valence-electron chi connectivity index (χ3n) is 3.27. The van der Waals surface area contributed by atoms with Crippen LogP contribution in [0.25, 0.3) is 0 Å². The smallest absolute Gasteiger partial charge is 0.417 e. The molecule has 1 aromatic carbocycles. The van der Waals surface area contributed by atoms with Gasteiger partial charge in [-0.3, -0.25) is 4.79 Å². The second kappa shape index (κ2) is 10.4. The van der Waals surface area contributed by atoms with Gasteiger partial charge in [0.15, 0.2) is 0 Å². The maximum atomic E-state index is 12.5. The van der Waals surface area contributed by atoms with Crippen molar-refractivity contribution < 1.29 is 22.7 Å². The highest BCUT2D eigenvalue weighted by atomic mass is 35.5. The van der Waals surface area contributed by atoms with Crippen molar-refractivity contribution in [2.75, 3.05) is 18.9 Å². The summed E-state index contributed by atoms with van der Waals surface area (Å²) in [5, 5.41) is 2.37. The fourth-order valence-electron chi connectivity index (χ4n) is 1.98. The number of carbonyl (C=O) groups is 1. The number of carbonyl (C=O) groups excluding carboxylic acids is 1. The molecule has 11 heteroatoms. The van der Waals surface area contributed by atoms with Crippen LogP contribution >= 0.6 is 36.4 Å². The Balaban J connectivity index is 0.00000338. The van der Waals surface area contributed by atoms with Crippen molar-refractivity contribution in [3.8, 4) is 5.88 Å². The van der Waals surface area contributed by atoms with E-state index in [4.69, 9.17) is 22.1 Å². The summed E-state index contributed by atoms with van der Waals surface area (Å²) in [4.78, 5) is 15.6. The fraction of sp³-hybridized carbons (Fsp3) is 0.250. The Hall–Kier alpha value is -1.90.